The van der Waals surface area contributed by atoms with E-state index in [2.05, 4.69) is 16.7 Å². The van der Waals surface area contributed by atoms with Gasteiger partial charge >= 0.3 is 0 Å². The average Bonchev–Trinajstić information content (AvgIpc) is 3.29. The van der Waals surface area contributed by atoms with Crippen molar-refractivity contribution in [3.8, 4) is 0 Å². The van der Waals surface area contributed by atoms with Crippen LogP contribution in [0.4, 0.5) is 0 Å². The minimum absolute atomic E-state index is 0.113. The lowest BCUT2D eigenvalue weighted by Gasteiger charge is -2.39. The summed E-state index contributed by atoms with van der Waals surface area (Å²) < 4.78 is 0. The Balaban J connectivity index is 0.000000195. The Morgan fingerprint density at radius 2 is 1.28 bits per heavy atom. The van der Waals surface area contributed by atoms with Gasteiger partial charge in [0.15, 0.2) is 5.78 Å². The molecule has 2 unspecified atom stereocenters. The zero-order valence-corrected chi connectivity index (χ0v) is 26.3. The number of benzene rings is 2. The number of Topliss-reactive ketones (excluding diaryl/α,β-unsaturated/α-hetero) is 1. The molecule has 0 aliphatic carbocycles. The zero-order chi connectivity index (χ0) is 32.4. The van der Waals surface area contributed by atoms with Gasteiger partial charge in [-0.25, -0.2) is 0 Å². The molecule has 0 saturated carbocycles. The minimum atomic E-state index is -0.955. The monoisotopic (exact) mass is 590 g/mol. The lowest BCUT2D eigenvalue weighted by Crippen LogP contribution is -2.61. The van der Waals surface area contributed by atoms with Gasteiger partial charge < -0.3 is 10.6 Å². The number of aryl methyl sites for hydroxylation is 4. The van der Waals surface area contributed by atoms with Crippen molar-refractivity contribution in [2.45, 2.75) is 98.7 Å². The van der Waals surface area contributed by atoms with E-state index in [1.807, 2.05) is 52.8 Å². The smallest absolute Gasteiger partial charge is 0.255 e. The summed E-state index contributed by atoms with van der Waals surface area (Å²) in [7, 11) is 0. The molecule has 10 heteroatoms. The molecule has 4 N–H and O–H groups in total. The molecule has 3 heterocycles. The number of carbonyl (C=O) groups is 6. The first-order valence-electron chi connectivity index (χ1n) is 14.4. The largest absolute Gasteiger partial charge is 0.320 e. The Kier molecular flexibility index (Phi) is 9.76. The Morgan fingerprint density at radius 1 is 0.767 bits per heavy atom. The molecule has 2 aromatic carbocycles. The highest BCUT2D eigenvalue weighted by Gasteiger charge is 2.49. The molecule has 2 fully saturated rings. The van der Waals surface area contributed by atoms with Gasteiger partial charge in [-0.15, -0.1) is 0 Å². The van der Waals surface area contributed by atoms with Gasteiger partial charge in [0, 0.05) is 30.5 Å². The molecular weight excluding hydrogens is 548 g/mol. The van der Waals surface area contributed by atoms with Gasteiger partial charge in [0.2, 0.25) is 17.7 Å². The van der Waals surface area contributed by atoms with Crippen LogP contribution in [-0.2, 0) is 25.7 Å². The van der Waals surface area contributed by atoms with E-state index in [0.717, 1.165) is 33.4 Å². The summed E-state index contributed by atoms with van der Waals surface area (Å²) in [6, 6.07) is 7.98. The van der Waals surface area contributed by atoms with E-state index in [0.29, 0.717) is 31.4 Å². The number of imide groups is 2. The summed E-state index contributed by atoms with van der Waals surface area (Å²) in [5.41, 5.74) is 11.7. The summed E-state index contributed by atoms with van der Waals surface area (Å²) in [5, 5.41) is 4.52. The highest BCUT2D eigenvalue weighted by Crippen LogP contribution is 2.36. The molecule has 0 bridgehead atoms. The normalized spacial score (nSPS) is 22.9. The maximum Gasteiger partial charge on any atom is 0.255 e. The highest BCUT2D eigenvalue weighted by atomic mass is 16.2. The summed E-state index contributed by atoms with van der Waals surface area (Å²) in [4.78, 5) is 70.7. The van der Waals surface area contributed by atoms with Crippen molar-refractivity contribution in [3.63, 3.8) is 0 Å². The molecule has 2 atom stereocenters. The molecule has 230 valence electrons. The van der Waals surface area contributed by atoms with Crippen LogP contribution in [0.5, 0.6) is 0 Å². The molecule has 2 aromatic rings. The van der Waals surface area contributed by atoms with E-state index >= 15 is 0 Å². The van der Waals surface area contributed by atoms with E-state index < -0.39 is 11.1 Å². The van der Waals surface area contributed by atoms with Crippen LogP contribution < -0.4 is 16.4 Å². The van der Waals surface area contributed by atoms with Crippen molar-refractivity contribution in [2.24, 2.45) is 5.73 Å². The number of piperidine rings is 2. The molecular formula is C33H42N4O6. The van der Waals surface area contributed by atoms with E-state index in [9.17, 15) is 28.8 Å². The van der Waals surface area contributed by atoms with E-state index in [1.165, 1.54) is 5.56 Å². The molecule has 43 heavy (non-hydrogen) atoms. The Hall–Kier alpha value is -4.18. The maximum atomic E-state index is 12.8. The first-order valence-corrected chi connectivity index (χ1v) is 14.4. The number of fused-ring (bicyclic) bond motifs is 1. The fourth-order valence-corrected chi connectivity index (χ4v) is 5.50. The van der Waals surface area contributed by atoms with Crippen molar-refractivity contribution >= 4 is 35.3 Å². The first kappa shape index (κ1) is 33.3. The van der Waals surface area contributed by atoms with Crippen molar-refractivity contribution in [2.75, 3.05) is 0 Å². The molecule has 2 saturated heterocycles. The summed E-state index contributed by atoms with van der Waals surface area (Å²) in [5.74, 6) is -1.20. The van der Waals surface area contributed by atoms with Gasteiger partial charge in [-0.05, 0) is 102 Å². The number of nitrogens with one attached hydrogen (secondary N) is 2. The molecule has 0 spiro atoms. The number of hydrogen-bond acceptors (Lipinski definition) is 7. The topological polar surface area (TPSA) is 156 Å². The number of ketones is 1. The van der Waals surface area contributed by atoms with Gasteiger partial charge in [0.1, 0.15) is 5.54 Å². The van der Waals surface area contributed by atoms with Crippen molar-refractivity contribution in [3.05, 3.63) is 68.8 Å². The predicted molar refractivity (Wildman–Crippen MR) is 162 cm³/mol. The Morgan fingerprint density at radius 3 is 1.77 bits per heavy atom. The molecule has 5 amide bonds. The quantitative estimate of drug-likeness (QED) is 0.358. The molecule has 3 aliphatic heterocycles. The van der Waals surface area contributed by atoms with Crippen LogP contribution >= 0.6 is 0 Å². The Bertz CT molecular complexity index is 1530. The van der Waals surface area contributed by atoms with Gasteiger partial charge in [0.05, 0.1) is 5.54 Å². The second-order valence-electron chi connectivity index (χ2n) is 12.1. The molecule has 0 aromatic heterocycles. The third kappa shape index (κ3) is 6.91. The van der Waals surface area contributed by atoms with Gasteiger partial charge in [-0.2, -0.15) is 0 Å². The van der Waals surface area contributed by atoms with E-state index in [4.69, 9.17) is 5.73 Å². The highest BCUT2D eigenvalue weighted by molar-refractivity contribution is 6.08. The number of hydrogen-bond donors (Lipinski definition) is 3. The second-order valence-corrected chi connectivity index (χ2v) is 12.1. The van der Waals surface area contributed by atoms with E-state index in [-0.39, 0.29) is 41.7 Å². The van der Waals surface area contributed by atoms with Crippen LogP contribution in [0.1, 0.15) is 101 Å². The maximum absolute atomic E-state index is 12.8. The molecule has 3 aliphatic rings. The fourth-order valence-electron chi connectivity index (χ4n) is 5.50. The summed E-state index contributed by atoms with van der Waals surface area (Å²) in [6.07, 6.45) is 1.42. The van der Waals surface area contributed by atoms with Crippen LogP contribution in [0.15, 0.2) is 24.3 Å². The van der Waals surface area contributed by atoms with Crippen LogP contribution in [0, 0.1) is 34.6 Å². The number of carbonyl (C=O) groups excluding carboxylic acids is 6. The van der Waals surface area contributed by atoms with Crippen LogP contribution in [0.2, 0.25) is 0 Å². The van der Waals surface area contributed by atoms with Crippen molar-refractivity contribution in [1.29, 1.82) is 0 Å². The third-order valence-corrected chi connectivity index (χ3v) is 8.65. The van der Waals surface area contributed by atoms with E-state index in [1.54, 1.807) is 25.7 Å². The Labute approximate surface area is 252 Å². The second kappa shape index (κ2) is 12.6. The average molecular weight is 591 g/mol. The first-order chi connectivity index (χ1) is 19.9. The van der Waals surface area contributed by atoms with Gasteiger partial charge in [0.25, 0.3) is 11.8 Å². The van der Waals surface area contributed by atoms with Gasteiger partial charge in [-0.1, -0.05) is 24.3 Å². The van der Waals surface area contributed by atoms with Crippen molar-refractivity contribution in [1.82, 2.24) is 15.5 Å². The third-order valence-electron chi connectivity index (χ3n) is 8.65. The zero-order valence-electron chi connectivity index (χ0n) is 26.3. The minimum Gasteiger partial charge on any atom is -0.320 e. The number of amides is 5. The summed E-state index contributed by atoms with van der Waals surface area (Å²) in [6.45, 7) is 15.3. The van der Waals surface area contributed by atoms with Crippen LogP contribution in [0.25, 0.3) is 0 Å². The predicted octanol–water partition coefficient (Wildman–Crippen LogP) is 3.41. The summed E-state index contributed by atoms with van der Waals surface area (Å²) >= 11 is 0. The number of rotatable bonds is 2. The van der Waals surface area contributed by atoms with Crippen LogP contribution in [-0.4, -0.2) is 51.3 Å². The number of nitrogens with zero attached hydrogens (tertiary/aromatic N) is 1. The molecule has 10 nitrogen and oxygen atoms in total. The standard InChI is InChI=1S/C16H18N2O3.C11H14O.C6H10N2O2/c1-9-4-5-10(2)13-11(9)8-18(14(13)20)16(3)7-6-12(19)17-15(16)21;1-7-5-6-8(2)11(9(7)3)10(4)12;1-6(7)3-2-4(9)8-5(6)10/h4-5H,6-8H2,1-3H3,(H,17,19,21);5-6H,1-4H3;2-3,7H2,1H3,(H,8,9,10). The van der Waals surface area contributed by atoms with Gasteiger partial charge in [-0.3, -0.25) is 39.4 Å². The molecule has 5 rings (SSSR count). The SMILES string of the molecule is CC(=O)c1c(C)ccc(C)c1C.CC1(N)CCC(=O)NC1=O.Cc1ccc(C)c2c1CN(C1(C)CCC(=O)NC1=O)C2=O. The lowest BCUT2D eigenvalue weighted by molar-refractivity contribution is -0.142. The fraction of sp³-hybridized carbons (Fsp3) is 0.455. The number of nitrogens with two attached hydrogens (primary N) is 1. The van der Waals surface area contributed by atoms with Crippen LogP contribution in [0.3, 0.4) is 0 Å². The lowest BCUT2D eigenvalue weighted by atomic mass is 9.89. The molecule has 0 radical (unpaired) electrons. The van der Waals surface area contributed by atoms with Crippen molar-refractivity contribution < 1.29 is 28.8 Å².